The van der Waals surface area contributed by atoms with Gasteiger partial charge in [0.15, 0.2) is 0 Å². The summed E-state index contributed by atoms with van der Waals surface area (Å²) in [7, 11) is 3.66. The average molecular weight is 345 g/mol. The van der Waals surface area contributed by atoms with E-state index in [9.17, 15) is 0 Å². The minimum Gasteiger partial charge on any atom is -0.497 e. The van der Waals surface area contributed by atoms with Crippen LogP contribution in [0.1, 0.15) is 5.56 Å². The van der Waals surface area contributed by atoms with Crippen molar-refractivity contribution in [1.29, 1.82) is 0 Å². The van der Waals surface area contributed by atoms with E-state index in [1.165, 1.54) is 5.56 Å². The molecule has 0 fully saturated rings. The maximum absolute atomic E-state index is 5.88. The Morgan fingerprint density at radius 3 is 2.42 bits per heavy atom. The number of anilines is 1. The molecule has 4 aromatic rings. The molecule has 26 heavy (non-hydrogen) atoms. The second kappa shape index (κ2) is 6.88. The van der Waals surface area contributed by atoms with Crippen molar-refractivity contribution in [3.8, 4) is 17.2 Å². The number of benzene rings is 2. The van der Waals surface area contributed by atoms with Gasteiger partial charge in [0.05, 0.1) is 7.11 Å². The molecule has 2 heterocycles. The molecule has 0 radical (unpaired) electrons. The summed E-state index contributed by atoms with van der Waals surface area (Å²) in [5.41, 5.74) is 3.40. The number of ether oxygens (including phenoxy) is 1. The SMILES string of the molecule is COc1ccc(-c2nc3ccc(N(C)Cc4ccccc4)nc3o2)cc1. The fourth-order valence-electron chi connectivity index (χ4n) is 2.82. The highest BCUT2D eigenvalue weighted by atomic mass is 16.5. The Bertz CT molecular complexity index is 1010. The maximum Gasteiger partial charge on any atom is 0.249 e. The zero-order valence-electron chi connectivity index (χ0n) is 14.7. The molecule has 4 rings (SSSR count). The standard InChI is InChI=1S/C21H19N3O2/c1-24(14-15-6-4-3-5-7-15)19-13-12-18-21(23-19)26-20(22-18)16-8-10-17(25-2)11-9-16/h3-13H,14H2,1-2H3. The normalized spacial score (nSPS) is 10.8. The van der Waals surface area contributed by atoms with Crippen molar-refractivity contribution in [3.63, 3.8) is 0 Å². The molecule has 2 aromatic carbocycles. The van der Waals surface area contributed by atoms with Crippen molar-refractivity contribution < 1.29 is 9.15 Å². The number of aromatic nitrogens is 2. The fraction of sp³-hybridized carbons (Fsp3) is 0.143. The molecule has 5 heteroatoms. The summed E-state index contributed by atoms with van der Waals surface area (Å²) in [5.74, 6) is 2.20. The first-order chi connectivity index (χ1) is 12.7. The van der Waals surface area contributed by atoms with Gasteiger partial charge in [0.1, 0.15) is 17.1 Å². The largest absolute Gasteiger partial charge is 0.497 e. The minimum atomic E-state index is 0.535. The molecule has 5 nitrogen and oxygen atoms in total. The number of rotatable bonds is 5. The molecule has 0 unspecified atom stereocenters. The van der Waals surface area contributed by atoms with Crippen LogP contribution in [0.4, 0.5) is 5.82 Å². The van der Waals surface area contributed by atoms with Gasteiger partial charge in [-0.25, -0.2) is 4.98 Å². The molecule has 0 saturated heterocycles. The lowest BCUT2D eigenvalue weighted by Crippen LogP contribution is -2.17. The summed E-state index contributed by atoms with van der Waals surface area (Å²) in [6.07, 6.45) is 0. The van der Waals surface area contributed by atoms with E-state index in [2.05, 4.69) is 27.0 Å². The van der Waals surface area contributed by atoms with E-state index in [-0.39, 0.29) is 0 Å². The topological polar surface area (TPSA) is 51.4 Å². The van der Waals surface area contributed by atoms with Gasteiger partial charge in [0, 0.05) is 19.2 Å². The van der Waals surface area contributed by atoms with Crippen LogP contribution in [0.5, 0.6) is 5.75 Å². The lowest BCUT2D eigenvalue weighted by atomic mass is 10.2. The lowest BCUT2D eigenvalue weighted by molar-refractivity contribution is 0.415. The smallest absolute Gasteiger partial charge is 0.249 e. The number of hydrogen-bond acceptors (Lipinski definition) is 5. The zero-order valence-corrected chi connectivity index (χ0v) is 14.7. The molecule has 0 aliphatic carbocycles. The molecule has 0 atom stereocenters. The Balaban J connectivity index is 1.60. The molecule has 0 aliphatic heterocycles. The highest BCUT2D eigenvalue weighted by Crippen LogP contribution is 2.26. The molecule has 0 spiro atoms. The summed E-state index contributed by atoms with van der Waals surface area (Å²) in [6, 6.07) is 21.8. The van der Waals surface area contributed by atoms with Crippen LogP contribution < -0.4 is 9.64 Å². The molecule has 0 aliphatic rings. The molecule has 2 aromatic heterocycles. The van der Waals surface area contributed by atoms with E-state index in [4.69, 9.17) is 9.15 Å². The number of fused-ring (bicyclic) bond motifs is 1. The summed E-state index contributed by atoms with van der Waals surface area (Å²) in [6.45, 7) is 0.777. The van der Waals surface area contributed by atoms with Gasteiger partial charge in [-0.15, -0.1) is 0 Å². The molecule has 0 bridgehead atoms. The second-order valence-electron chi connectivity index (χ2n) is 6.08. The highest BCUT2D eigenvalue weighted by Gasteiger charge is 2.12. The Morgan fingerprint density at radius 1 is 0.923 bits per heavy atom. The first-order valence-electron chi connectivity index (χ1n) is 8.40. The van der Waals surface area contributed by atoms with E-state index in [1.54, 1.807) is 7.11 Å². The van der Waals surface area contributed by atoms with Crippen LogP contribution in [0, 0.1) is 0 Å². The van der Waals surface area contributed by atoms with Gasteiger partial charge in [-0.2, -0.15) is 4.98 Å². The number of pyridine rings is 1. The predicted molar refractivity (Wildman–Crippen MR) is 102 cm³/mol. The number of hydrogen-bond donors (Lipinski definition) is 0. The van der Waals surface area contributed by atoms with Crippen LogP contribution in [-0.2, 0) is 6.54 Å². The molecule has 0 N–H and O–H groups in total. The quantitative estimate of drug-likeness (QED) is 0.532. The van der Waals surface area contributed by atoms with Gasteiger partial charge < -0.3 is 14.1 Å². The summed E-state index contributed by atoms with van der Waals surface area (Å²) in [4.78, 5) is 11.2. The number of methoxy groups -OCH3 is 1. The van der Waals surface area contributed by atoms with Crippen LogP contribution in [0.3, 0.4) is 0 Å². The average Bonchev–Trinajstić information content (AvgIpc) is 3.12. The molecular formula is C21H19N3O2. The van der Waals surface area contributed by atoms with Crippen LogP contribution in [0.15, 0.2) is 71.1 Å². The monoisotopic (exact) mass is 345 g/mol. The van der Waals surface area contributed by atoms with E-state index >= 15 is 0 Å². The zero-order chi connectivity index (χ0) is 17.9. The first-order valence-corrected chi connectivity index (χ1v) is 8.40. The Hall–Kier alpha value is -3.34. The Labute approximate surface area is 151 Å². The van der Waals surface area contributed by atoms with Crippen molar-refractivity contribution in [2.75, 3.05) is 19.1 Å². The van der Waals surface area contributed by atoms with Crippen LogP contribution >= 0.6 is 0 Å². The molecule has 130 valence electrons. The minimum absolute atomic E-state index is 0.535. The number of oxazole rings is 1. The molecule has 0 amide bonds. The van der Waals surface area contributed by atoms with Gasteiger partial charge in [0.2, 0.25) is 11.6 Å². The van der Waals surface area contributed by atoms with E-state index in [0.717, 1.165) is 29.2 Å². The predicted octanol–water partition coefficient (Wildman–Crippen LogP) is 4.53. The van der Waals surface area contributed by atoms with Gasteiger partial charge >= 0.3 is 0 Å². The summed E-state index contributed by atoms with van der Waals surface area (Å²) in [5, 5.41) is 0. The van der Waals surface area contributed by atoms with E-state index < -0.39 is 0 Å². The van der Waals surface area contributed by atoms with Gasteiger partial charge in [-0.05, 0) is 42.0 Å². The van der Waals surface area contributed by atoms with Gasteiger partial charge in [-0.1, -0.05) is 30.3 Å². The van der Waals surface area contributed by atoms with Crippen LogP contribution in [0.2, 0.25) is 0 Å². The Morgan fingerprint density at radius 2 is 1.69 bits per heavy atom. The van der Waals surface area contributed by atoms with Crippen molar-refractivity contribution >= 4 is 17.0 Å². The van der Waals surface area contributed by atoms with Gasteiger partial charge in [0.25, 0.3) is 0 Å². The molecule has 0 saturated carbocycles. The van der Waals surface area contributed by atoms with Crippen LogP contribution in [-0.4, -0.2) is 24.1 Å². The molecular weight excluding hydrogens is 326 g/mol. The third-order valence-corrected chi connectivity index (χ3v) is 4.23. The summed E-state index contributed by atoms with van der Waals surface area (Å²) < 4.78 is 11.1. The highest BCUT2D eigenvalue weighted by molar-refractivity contribution is 5.74. The first kappa shape index (κ1) is 16.1. The van der Waals surface area contributed by atoms with E-state index in [0.29, 0.717) is 11.6 Å². The number of nitrogens with zero attached hydrogens (tertiary/aromatic N) is 3. The second-order valence-corrected chi connectivity index (χ2v) is 6.08. The fourth-order valence-corrected chi connectivity index (χ4v) is 2.82. The third-order valence-electron chi connectivity index (χ3n) is 4.23. The third kappa shape index (κ3) is 3.24. The maximum atomic E-state index is 5.88. The Kier molecular flexibility index (Phi) is 4.27. The van der Waals surface area contributed by atoms with Crippen molar-refractivity contribution in [3.05, 3.63) is 72.3 Å². The summed E-state index contributed by atoms with van der Waals surface area (Å²) >= 11 is 0. The van der Waals surface area contributed by atoms with Crippen molar-refractivity contribution in [1.82, 2.24) is 9.97 Å². The van der Waals surface area contributed by atoms with Crippen molar-refractivity contribution in [2.24, 2.45) is 0 Å². The van der Waals surface area contributed by atoms with Crippen LogP contribution in [0.25, 0.3) is 22.7 Å². The van der Waals surface area contributed by atoms with E-state index in [1.807, 2.05) is 61.6 Å². The van der Waals surface area contributed by atoms with Gasteiger partial charge in [-0.3, -0.25) is 0 Å². The lowest BCUT2D eigenvalue weighted by Gasteiger charge is -2.17. The van der Waals surface area contributed by atoms with Crippen molar-refractivity contribution in [2.45, 2.75) is 6.54 Å².